The Hall–Kier alpha value is -3.00. The van der Waals surface area contributed by atoms with Gasteiger partial charge in [-0.2, -0.15) is 0 Å². The number of methoxy groups -OCH3 is 1. The van der Waals surface area contributed by atoms with Gasteiger partial charge in [-0.1, -0.05) is 0 Å². The summed E-state index contributed by atoms with van der Waals surface area (Å²) < 4.78 is 11.9. The van der Waals surface area contributed by atoms with Crippen LogP contribution in [0.15, 0.2) is 29.1 Å². The Morgan fingerprint density at radius 3 is 2.71 bits per heavy atom. The van der Waals surface area contributed by atoms with Gasteiger partial charge in [-0.3, -0.25) is 14.2 Å². The maximum Gasteiger partial charge on any atom is 0.349 e. The average Bonchev–Trinajstić information content (AvgIpc) is 3.31. The van der Waals surface area contributed by atoms with Crippen molar-refractivity contribution in [3.63, 3.8) is 0 Å². The second kappa shape index (κ2) is 7.20. The van der Waals surface area contributed by atoms with Gasteiger partial charge < -0.3 is 9.47 Å². The largest absolute Gasteiger partial charge is 0.497 e. The second-order valence-corrected chi connectivity index (χ2v) is 7.55. The molecule has 0 aliphatic carbocycles. The van der Waals surface area contributed by atoms with E-state index in [0.29, 0.717) is 38.5 Å². The zero-order chi connectivity index (χ0) is 19.8. The van der Waals surface area contributed by atoms with Crippen LogP contribution in [0.3, 0.4) is 0 Å². The van der Waals surface area contributed by atoms with Crippen molar-refractivity contribution in [2.45, 2.75) is 26.3 Å². The Morgan fingerprint density at radius 2 is 2.00 bits per heavy atom. The molecule has 0 amide bonds. The van der Waals surface area contributed by atoms with E-state index in [1.807, 2.05) is 0 Å². The summed E-state index contributed by atoms with van der Waals surface area (Å²) in [4.78, 5) is 42.8. The summed E-state index contributed by atoms with van der Waals surface area (Å²) in [6.45, 7) is 2.00. The molecule has 0 fully saturated rings. The van der Waals surface area contributed by atoms with Crippen LogP contribution >= 0.6 is 11.3 Å². The standard InChI is InChI=1S/C20H18N2O5S/c1-11-16-18(21-15-4-3-9-22(15)19(16)24)28-17(11)20(25)27-10-14(23)12-5-7-13(26-2)8-6-12/h5-8H,3-4,9-10H2,1-2H3. The quantitative estimate of drug-likeness (QED) is 0.485. The zero-order valence-corrected chi connectivity index (χ0v) is 16.3. The first-order valence-electron chi connectivity index (χ1n) is 8.86. The zero-order valence-electron chi connectivity index (χ0n) is 15.5. The first-order chi connectivity index (χ1) is 13.5. The minimum Gasteiger partial charge on any atom is -0.497 e. The maximum atomic E-state index is 12.7. The molecule has 0 atom stereocenters. The summed E-state index contributed by atoms with van der Waals surface area (Å²) in [5, 5.41) is 0.462. The summed E-state index contributed by atoms with van der Waals surface area (Å²) in [7, 11) is 1.54. The topological polar surface area (TPSA) is 87.5 Å². The molecule has 8 heteroatoms. The van der Waals surface area contributed by atoms with Gasteiger partial charge in [-0.15, -0.1) is 11.3 Å². The van der Waals surface area contributed by atoms with E-state index in [1.54, 1.807) is 42.9 Å². The number of esters is 1. The lowest BCUT2D eigenvalue weighted by Crippen LogP contribution is -2.20. The molecule has 1 aliphatic heterocycles. The highest BCUT2D eigenvalue weighted by Crippen LogP contribution is 2.29. The lowest BCUT2D eigenvalue weighted by Gasteiger charge is -2.05. The molecule has 1 aromatic carbocycles. The van der Waals surface area contributed by atoms with E-state index < -0.39 is 5.97 Å². The predicted molar refractivity (Wildman–Crippen MR) is 105 cm³/mol. The monoisotopic (exact) mass is 398 g/mol. The van der Waals surface area contributed by atoms with E-state index in [9.17, 15) is 14.4 Å². The normalized spacial score (nSPS) is 12.8. The summed E-state index contributed by atoms with van der Waals surface area (Å²) in [5.41, 5.74) is 0.874. The number of carbonyl (C=O) groups is 2. The highest BCUT2D eigenvalue weighted by molar-refractivity contribution is 7.20. The number of aryl methyl sites for hydroxylation is 2. The number of hydrogen-bond acceptors (Lipinski definition) is 7. The van der Waals surface area contributed by atoms with Gasteiger partial charge in [0.15, 0.2) is 12.4 Å². The smallest absolute Gasteiger partial charge is 0.349 e. The van der Waals surface area contributed by atoms with Crippen molar-refractivity contribution >= 4 is 33.3 Å². The molecule has 3 aromatic rings. The number of hydrogen-bond donors (Lipinski definition) is 0. The van der Waals surface area contributed by atoms with E-state index in [4.69, 9.17) is 9.47 Å². The van der Waals surface area contributed by atoms with E-state index in [-0.39, 0.29) is 17.9 Å². The van der Waals surface area contributed by atoms with Crippen molar-refractivity contribution < 1.29 is 19.1 Å². The molecule has 0 unspecified atom stereocenters. The Labute approximate surface area is 164 Å². The number of ketones is 1. The van der Waals surface area contributed by atoms with Crippen molar-refractivity contribution in [1.29, 1.82) is 0 Å². The predicted octanol–water partition coefficient (Wildman–Crippen LogP) is 2.76. The number of rotatable bonds is 5. The fraction of sp³-hybridized carbons (Fsp3) is 0.300. The number of ether oxygens (including phenoxy) is 2. The third kappa shape index (κ3) is 3.09. The number of aromatic nitrogens is 2. The maximum absolute atomic E-state index is 12.7. The van der Waals surface area contributed by atoms with Gasteiger partial charge in [0.05, 0.1) is 12.5 Å². The lowest BCUT2D eigenvalue weighted by atomic mass is 10.1. The third-order valence-electron chi connectivity index (χ3n) is 4.84. The molecule has 28 heavy (non-hydrogen) atoms. The first-order valence-corrected chi connectivity index (χ1v) is 9.68. The summed E-state index contributed by atoms with van der Waals surface area (Å²) >= 11 is 1.14. The van der Waals surface area contributed by atoms with Crippen molar-refractivity contribution in [3.05, 3.63) is 56.4 Å². The molecule has 144 valence electrons. The molecule has 3 heterocycles. The fourth-order valence-corrected chi connectivity index (χ4v) is 4.41. The minimum atomic E-state index is -0.619. The number of benzene rings is 1. The van der Waals surface area contributed by atoms with Crippen LogP contribution in [0.25, 0.3) is 10.2 Å². The second-order valence-electron chi connectivity index (χ2n) is 6.55. The molecule has 1 aliphatic rings. The summed E-state index contributed by atoms with van der Waals surface area (Å²) in [6, 6.07) is 6.57. The molecule has 0 saturated carbocycles. The molecular formula is C20H18N2O5S. The van der Waals surface area contributed by atoms with Crippen molar-refractivity contribution in [2.24, 2.45) is 0 Å². The van der Waals surface area contributed by atoms with Gasteiger partial charge in [0.25, 0.3) is 5.56 Å². The van der Waals surface area contributed by atoms with Gasteiger partial charge >= 0.3 is 5.97 Å². The number of nitrogens with zero attached hydrogens (tertiary/aromatic N) is 2. The van der Waals surface area contributed by atoms with Gasteiger partial charge in [-0.05, 0) is 43.2 Å². The highest BCUT2D eigenvalue weighted by atomic mass is 32.1. The molecular weight excluding hydrogens is 380 g/mol. The highest BCUT2D eigenvalue weighted by Gasteiger charge is 2.24. The van der Waals surface area contributed by atoms with Crippen LogP contribution in [-0.2, 0) is 17.7 Å². The minimum absolute atomic E-state index is 0.111. The van der Waals surface area contributed by atoms with E-state index in [2.05, 4.69) is 4.98 Å². The Morgan fingerprint density at radius 1 is 1.25 bits per heavy atom. The van der Waals surface area contributed by atoms with Crippen LogP contribution < -0.4 is 10.3 Å². The van der Waals surface area contributed by atoms with Crippen LogP contribution in [0.2, 0.25) is 0 Å². The fourth-order valence-electron chi connectivity index (χ4n) is 3.33. The van der Waals surface area contributed by atoms with Gasteiger partial charge in [-0.25, -0.2) is 9.78 Å². The molecule has 4 rings (SSSR count). The number of Topliss-reactive ketones (excluding diaryl/α,β-unsaturated/α-hetero) is 1. The van der Waals surface area contributed by atoms with Crippen molar-refractivity contribution in [3.8, 4) is 5.75 Å². The molecule has 0 bridgehead atoms. The number of thiophene rings is 1. The first kappa shape index (κ1) is 18.4. The van der Waals surface area contributed by atoms with Crippen LogP contribution in [-0.4, -0.2) is 35.0 Å². The van der Waals surface area contributed by atoms with Crippen LogP contribution in [0.1, 0.15) is 37.8 Å². The molecule has 7 nitrogen and oxygen atoms in total. The van der Waals surface area contributed by atoms with Crippen LogP contribution in [0, 0.1) is 6.92 Å². The van der Waals surface area contributed by atoms with Gasteiger partial charge in [0.1, 0.15) is 21.3 Å². The summed E-state index contributed by atoms with van der Waals surface area (Å²) in [5.74, 6) is 0.465. The lowest BCUT2D eigenvalue weighted by molar-refractivity contribution is 0.0479. The molecule has 0 N–H and O–H groups in total. The third-order valence-corrected chi connectivity index (χ3v) is 6.01. The van der Waals surface area contributed by atoms with Crippen molar-refractivity contribution in [2.75, 3.05) is 13.7 Å². The molecule has 0 radical (unpaired) electrons. The number of fused-ring (bicyclic) bond motifs is 2. The van der Waals surface area contributed by atoms with Gasteiger partial charge in [0, 0.05) is 18.5 Å². The molecule has 2 aromatic heterocycles. The van der Waals surface area contributed by atoms with Crippen molar-refractivity contribution in [1.82, 2.24) is 9.55 Å². The Bertz CT molecular complexity index is 1140. The molecule has 0 spiro atoms. The Kier molecular flexibility index (Phi) is 4.72. The van der Waals surface area contributed by atoms with Crippen LogP contribution in [0.5, 0.6) is 5.75 Å². The van der Waals surface area contributed by atoms with Crippen LogP contribution in [0.4, 0.5) is 0 Å². The number of carbonyl (C=O) groups excluding carboxylic acids is 2. The van der Waals surface area contributed by atoms with E-state index >= 15 is 0 Å². The Balaban J connectivity index is 1.54. The molecule has 0 saturated heterocycles. The summed E-state index contributed by atoms with van der Waals surface area (Å²) in [6.07, 6.45) is 1.67. The van der Waals surface area contributed by atoms with E-state index in [1.165, 1.54) is 0 Å². The average molecular weight is 398 g/mol. The van der Waals surface area contributed by atoms with E-state index in [0.717, 1.165) is 30.0 Å². The SMILES string of the molecule is COc1ccc(C(=O)COC(=O)c2sc3nc4n(c(=O)c3c2C)CCC4)cc1. The van der Waals surface area contributed by atoms with Gasteiger partial charge in [0.2, 0.25) is 0 Å².